The number of fused-ring (bicyclic) bond motifs is 1. The van der Waals surface area contributed by atoms with Gasteiger partial charge in [0.15, 0.2) is 0 Å². The molecular weight excluding hydrogens is 508 g/mol. The molecule has 2 aromatic carbocycles. The van der Waals surface area contributed by atoms with Crippen LogP contribution in [0, 0.1) is 0 Å². The van der Waals surface area contributed by atoms with Gasteiger partial charge in [0.25, 0.3) is 5.91 Å². The first kappa shape index (κ1) is 28.7. The number of methoxy groups -OCH3 is 2. The number of ether oxygens (including phenoxy) is 2. The fourth-order valence-corrected chi connectivity index (χ4v) is 4.34. The van der Waals surface area contributed by atoms with Crippen LogP contribution in [0.15, 0.2) is 60.9 Å². The molecule has 2 aromatic heterocycles. The van der Waals surface area contributed by atoms with Crippen LogP contribution in [-0.2, 0) is 0 Å². The third-order valence-electron chi connectivity index (χ3n) is 6.48. The number of carbonyl (C=O) groups is 1. The lowest BCUT2D eigenvalue weighted by atomic mass is 10.1. The number of nitrogens with two attached hydrogens (primary N) is 1. The van der Waals surface area contributed by atoms with Gasteiger partial charge in [-0.1, -0.05) is 6.42 Å². The monoisotopic (exact) mass is 544 g/mol. The molecular formula is C30H36N6O4. The van der Waals surface area contributed by atoms with Crippen molar-refractivity contribution in [2.75, 3.05) is 45.4 Å². The lowest BCUT2D eigenvalue weighted by Gasteiger charge is -2.26. The largest absolute Gasteiger partial charge is 0.497 e. The van der Waals surface area contributed by atoms with Gasteiger partial charge in [0.2, 0.25) is 0 Å². The Bertz CT molecular complexity index is 1410. The van der Waals surface area contributed by atoms with E-state index in [1.807, 2.05) is 42.5 Å². The van der Waals surface area contributed by atoms with E-state index in [1.54, 1.807) is 32.7 Å². The average Bonchev–Trinajstić information content (AvgIpc) is 3.00. The number of unbranched alkanes of at least 4 members (excludes halogenated alkanes) is 2. The Morgan fingerprint density at radius 2 is 1.73 bits per heavy atom. The molecule has 0 bridgehead atoms. The first-order chi connectivity index (χ1) is 19.6. The van der Waals surface area contributed by atoms with Crippen LogP contribution in [0.25, 0.3) is 22.3 Å². The molecule has 0 unspecified atom stereocenters. The molecule has 10 heteroatoms. The minimum Gasteiger partial charge on any atom is -0.497 e. The van der Waals surface area contributed by atoms with Gasteiger partial charge in [-0.15, -0.1) is 0 Å². The fraction of sp³-hybridized carbons (Fsp3) is 0.333. The van der Waals surface area contributed by atoms with Gasteiger partial charge in [0, 0.05) is 61.0 Å². The number of pyridine rings is 1. The summed E-state index contributed by atoms with van der Waals surface area (Å²) in [4.78, 5) is 28.4. The molecule has 0 spiro atoms. The number of nitrogens with one attached hydrogen (secondary N) is 1. The molecule has 0 aliphatic carbocycles. The summed E-state index contributed by atoms with van der Waals surface area (Å²) in [6.07, 6.45) is 6.66. The highest BCUT2D eigenvalue weighted by Crippen LogP contribution is 2.34. The van der Waals surface area contributed by atoms with E-state index >= 15 is 0 Å². The highest BCUT2D eigenvalue weighted by molar-refractivity contribution is 5.93. The number of hydrogen-bond acceptors (Lipinski definition) is 9. The molecule has 0 saturated heterocycles. The summed E-state index contributed by atoms with van der Waals surface area (Å²) in [6, 6.07) is 15.1. The van der Waals surface area contributed by atoms with E-state index in [9.17, 15) is 9.90 Å². The Morgan fingerprint density at radius 3 is 2.45 bits per heavy atom. The van der Waals surface area contributed by atoms with Crippen molar-refractivity contribution in [3.8, 4) is 22.8 Å². The predicted octanol–water partition coefficient (Wildman–Crippen LogP) is 4.09. The van der Waals surface area contributed by atoms with Crippen molar-refractivity contribution in [3.05, 3.63) is 66.6 Å². The highest BCUT2D eigenvalue weighted by Gasteiger charge is 2.15. The van der Waals surface area contributed by atoms with Crippen LogP contribution in [0.1, 0.15) is 36.2 Å². The number of benzene rings is 2. The Morgan fingerprint density at radius 1 is 0.925 bits per heavy atom. The lowest BCUT2D eigenvalue weighted by Crippen LogP contribution is -2.25. The molecule has 4 aromatic rings. The number of aromatic nitrogens is 3. The van der Waals surface area contributed by atoms with E-state index in [0.29, 0.717) is 54.5 Å². The third-order valence-corrected chi connectivity index (χ3v) is 6.48. The van der Waals surface area contributed by atoms with Crippen LogP contribution < -0.4 is 25.4 Å². The van der Waals surface area contributed by atoms with E-state index in [2.05, 4.69) is 20.2 Å². The zero-order valence-corrected chi connectivity index (χ0v) is 23.0. The number of aliphatic hydroxyl groups excluding tert-OH is 1. The van der Waals surface area contributed by atoms with Crippen molar-refractivity contribution in [2.24, 2.45) is 5.73 Å². The first-order valence-electron chi connectivity index (χ1n) is 13.4. The minimum atomic E-state index is -0.223. The molecule has 0 saturated carbocycles. The van der Waals surface area contributed by atoms with Gasteiger partial charge in [0.05, 0.1) is 37.1 Å². The summed E-state index contributed by atoms with van der Waals surface area (Å²) < 4.78 is 10.9. The zero-order chi connectivity index (χ0) is 28.3. The number of carbonyl (C=O) groups excluding carboxylic acids is 1. The predicted molar refractivity (Wildman–Crippen MR) is 156 cm³/mol. The second kappa shape index (κ2) is 14.2. The molecule has 2 heterocycles. The number of nitrogens with zero attached hydrogens (tertiary/aromatic N) is 4. The second-order valence-electron chi connectivity index (χ2n) is 9.26. The number of hydrogen-bond donors (Lipinski definition) is 3. The smallest absolute Gasteiger partial charge is 0.269 e. The summed E-state index contributed by atoms with van der Waals surface area (Å²) in [5.41, 5.74) is 10.4. The lowest BCUT2D eigenvalue weighted by molar-refractivity contribution is 0.0948. The number of amides is 1. The van der Waals surface area contributed by atoms with Gasteiger partial charge >= 0.3 is 0 Å². The average molecular weight is 545 g/mol. The molecule has 4 rings (SSSR count). The normalized spacial score (nSPS) is 10.9. The summed E-state index contributed by atoms with van der Waals surface area (Å²) >= 11 is 0. The quantitative estimate of drug-likeness (QED) is 0.201. The van der Waals surface area contributed by atoms with Gasteiger partial charge in [-0.2, -0.15) is 0 Å². The summed E-state index contributed by atoms with van der Waals surface area (Å²) in [5.74, 6) is 1.11. The van der Waals surface area contributed by atoms with Gasteiger partial charge in [-0.25, -0.2) is 4.98 Å². The minimum absolute atomic E-state index is 0.0563. The van der Waals surface area contributed by atoms with Gasteiger partial charge in [-0.05, 0) is 56.1 Å². The number of aliphatic hydroxyl groups is 1. The van der Waals surface area contributed by atoms with Crippen molar-refractivity contribution in [3.63, 3.8) is 0 Å². The summed E-state index contributed by atoms with van der Waals surface area (Å²) in [5, 5.41) is 12.5. The Labute approximate surface area is 234 Å². The van der Waals surface area contributed by atoms with Crippen LogP contribution in [0.5, 0.6) is 11.5 Å². The molecule has 1 amide bonds. The molecule has 0 aliphatic rings. The van der Waals surface area contributed by atoms with Gasteiger partial charge < -0.3 is 30.5 Å². The van der Waals surface area contributed by atoms with E-state index in [-0.39, 0.29) is 12.5 Å². The van der Waals surface area contributed by atoms with E-state index in [1.165, 1.54) is 0 Å². The maximum absolute atomic E-state index is 12.6. The SMILES string of the molecule is COc1cc(OC)cc(N(CCCO)c2ccc3ncc(-c4ccnc(C(=O)NCCCCCN)c4)nc3c2)c1. The maximum Gasteiger partial charge on any atom is 0.269 e. The number of anilines is 2. The maximum atomic E-state index is 12.6. The third kappa shape index (κ3) is 7.22. The van der Waals surface area contributed by atoms with Crippen LogP contribution in [0.2, 0.25) is 0 Å². The van der Waals surface area contributed by atoms with Crippen LogP contribution in [-0.4, -0.2) is 66.4 Å². The molecule has 0 atom stereocenters. The standard InChI is InChI=1S/C30H36N6O4/c1-39-24-16-23(17-25(19-24)40-2)36(13-6-14-37)22-7-8-26-27(18-22)35-29(20-34-26)21-9-12-32-28(15-21)30(38)33-11-5-3-4-10-31/h7-9,12,15-20,37H,3-6,10-11,13-14,31H2,1-2H3,(H,33,38). The number of rotatable bonds is 14. The molecule has 4 N–H and O–H groups in total. The first-order valence-corrected chi connectivity index (χ1v) is 13.4. The molecule has 10 nitrogen and oxygen atoms in total. The van der Waals surface area contributed by atoms with Gasteiger partial charge in [-0.3, -0.25) is 14.8 Å². The van der Waals surface area contributed by atoms with E-state index in [4.69, 9.17) is 20.2 Å². The van der Waals surface area contributed by atoms with Crippen molar-refractivity contribution < 1.29 is 19.4 Å². The Hall–Kier alpha value is -4.28. The van der Waals surface area contributed by atoms with Crippen LogP contribution in [0.4, 0.5) is 11.4 Å². The molecule has 0 fully saturated rings. The van der Waals surface area contributed by atoms with Crippen LogP contribution >= 0.6 is 0 Å². The van der Waals surface area contributed by atoms with Crippen molar-refractivity contribution >= 4 is 28.3 Å². The van der Waals surface area contributed by atoms with Crippen molar-refractivity contribution in [1.29, 1.82) is 0 Å². The van der Waals surface area contributed by atoms with Crippen molar-refractivity contribution in [2.45, 2.75) is 25.7 Å². The van der Waals surface area contributed by atoms with Crippen molar-refractivity contribution in [1.82, 2.24) is 20.3 Å². The topological polar surface area (TPSA) is 136 Å². The van der Waals surface area contributed by atoms with Crippen LogP contribution in [0.3, 0.4) is 0 Å². The van der Waals surface area contributed by atoms with Gasteiger partial charge in [0.1, 0.15) is 17.2 Å². The fourth-order valence-electron chi connectivity index (χ4n) is 4.34. The molecule has 0 radical (unpaired) electrons. The Balaban J connectivity index is 1.63. The molecule has 210 valence electrons. The summed E-state index contributed by atoms with van der Waals surface area (Å²) in [6.45, 7) is 1.86. The molecule has 40 heavy (non-hydrogen) atoms. The Kier molecular flexibility index (Phi) is 10.2. The molecule has 0 aliphatic heterocycles. The highest BCUT2D eigenvalue weighted by atomic mass is 16.5. The van der Waals surface area contributed by atoms with E-state index < -0.39 is 0 Å². The summed E-state index contributed by atoms with van der Waals surface area (Å²) in [7, 11) is 3.22. The second-order valence-corrected chi connectivity index (χ2v) is 9.26. The zero-order valence-electron chi connectivity index (χ0n) is 23.0. The van der Waals surface area contributed by atoms with E-state index in [0.717, 1.165) is 41.7 Å².